The molecule has 2 rings (SSSR count). The zero-order chi connectivity index (χ0) is 15.9. The number of carbonyl (C=O) groups is 1. The lowest BCUT2D eigenvalue weighted by Gasteiger charge is -2.35. The van der Waals surface area contributed by atoms with Crippen LogP contribution in [0.2, 0.25) is 0 Å². The highest BCUT2D eigenvalue weighted by atomic mass is 16.4. The molecule has 0 aromatic heterocycles. The molecule has 0 spiro atoms. The molecule has 1 aliphatic rings. The zero-order valence-electron chi connectivity index (χ0n) is 13.4. The number of hydrogen-bond acceptors (Lipinski definition) is 3. The molecule has 4 heteroatoms. The van der Waals surface area contributed by atoms with Crippen LogP contribution in [0.4, 0.5) is 5.69 Å². The molecule has 0 aliphatic carbocycles. The Labute approximate surface area is 132 Å². The topological polar surface area (TPSA) is 60.8 Å². The van der Waals surface area contributed by atoms with Gasteiger partial charge < -0.3 is 15.1 Å². The summed E-state index contributed by atoms with van der Waals surface area (Å²) in [6.07, 6.45) is 4.33. The molecule has 1 fully saturated rings. The Morgan fingerprint density at radius 3 is 2.86 bits per heavy atom. The smallest absolute Gasteiger partial charge is 0.306 e. The maximum absolute atomic E-state index is 11.4. The first-order valence-electron chi connectivity index (χ1n) is 8.32. The predicted molar refractivity (Wildman–Crippen MR) is 88.2 cm³/mol. The van der Waals surface area contributed by atoms with Crippen LogP contribution in [0.1, 0.15) is 38.2 Å². The van der Waals surface area contributed by atoms with Crippen molar-refractivity contribution in [1.29, 1.82) is 0 Å². The van der Waals surface area contributed by atoms with Gasteiger partial charge in [0.25, 0.3) is 0 Å². The minimum Gasteiger partial charge on any atom is -0.481 e. The van der Waals surface area contributed by atoms with Crippen LogP contribution in [0.15, 0.2) is 24.3 Å². The molecule has 1 aromatic carbocycles. The largest absolute Gasteiger partial charge is 0.481 e. The molecular formula is C18H27NO3. The highest BCUT2D eigenvalue weighted by Crippen LogP contribution is 2.28. The van der Waals surface area contributed by atoms with Crippen molar-refractivity contribution in [3.05, 3.63) is 29.8 Å². The van der Waals surface area contributed by atoms with E-state index in [9.17, 15) is 15.0 Å². The van der Waals surface area contributed by atoms with Gasteiger partial charge in [-0.25, -0.2) is 0 Å². The number of anilines is 1. The first-order valence-corrected chi connectivity index (χ1v) is 8.32. The number of carboxylic acid groups (broad SMARTS) is 1. The lowest BCUT2D eigenvalue weighted by Crippen LogP contribution is -2.37. The number of aliphatic carboxylic acids is 1. The predicted octanol–water partition coefficient (Wildman–Crippen LogP) is 2.94. The summed E-state index contributed by atoms with van der Waals surface area (Å²) >= 11 is 0. The number of rotatable bonds is 7. The number of aliphatic hydroxyl groups is 1. The van der Waals surface area contributed by atoms with E-state index in [1.807, 2.05) is 25.1 Å². The average Bonchev–Trinajstić information content (AvgIpc) is 2.55. The quantitative estimate of drug-likeness (QED) is 0.813. The van der Waals surface area contributed by atoms with Gasteiger partial charge in [-0.1, -0.05) is 31.5 Å². The van der Waals surface area contributed by atoms with Gasteiger partial charge in [0, 0.05) is 25.4 Å². The van der Waals surface area contributed by atoms with E-state index in [2.05, 4.69) is 11.0 Å². The second-order valence-electron chi connectivity index (χ2n) is 6.29. The maximum Gasteiger partial charge on any atom is 0.306 e. The molecule has 2 atom stereocenters. The standard InChI is InChI=1S/C18H27NO3/c1-2-6-16(18(21)22)11-15-8-3-4-9-17(15)19-10-5-7-14(12-19)13-20/h3-4,8-9,14,16,20H,2,5-7,10-13H2,1H3,(H,21,22). The van der Waals surface area contributed by atoms with E-state index in [0.29, 0.717) is 18.8 Å². The Morgan fingerprint density at radius 1 is 1.41 bits per heavy atom. The van der Waals surface area contributed by atoms with Gasteiger partial charge in [0.1, 0.15) is 0 Å². The van der Waals surface area contributed by atoms with Gasteiger partial charge in [0.15, 0.2) is 0 Å². The van der Waals surface area contributed by atoms with Crippen molar-refractivity contribution >= 4 is 11.7 Å². The lowest BCUT2D eigenvalue weighted by atomic mass is 9.92. The molecule has 4 nitrogen and oxygen atoms in total. The van der Waals surface area contributed by atoms with Crippen molar-refractivity contribution in [3.8, 4) is 0 Å². The molecule has 2 unspecified atom stereocenters. The molecule has 0 saturated carbocycles. The third kappa shape index (κ3) is 4.23. The van der Waals surface area contributed by atoms with Gasteiger partial charge in [0.2, 0.25) is 0 Å². The molecule has 1 aliphatic heterocycles. The molecule has 0 amide bonds. The van der Waals surface area contributed by atoms with Crippen molar-refractivity contribution in [1.82, 2.24) is 0 Å². The van der Waals surface area contributed by atoms with Crippen LogP contribution in [-0.4, -0.2) is 35.9 Å². The highest BCUT2D eigenvalue weighted by molar-refractivity contribution is 5.71. The average molecular weight is 305 g/mol. The van der Waals surface area contributed by atoms with E-state index in [1.165, 1.54) is 0 Å². The molecule has 1 heterocycles. The number of nitrogens with zero attached hydrogens (tertiary/aromatic N) is 1. The SMILES string of the molecule is CCCC(Cc1ccccc1N1CCCC(CO)C1)C(=O)O. The Balaban J connectivity index is 2.17. The minimum absolute atomic E-state index is 0.228. The van der Waals surface area contributed by atoms with Gasteiger partial charge in [0.05, 0.1) is 5.92 Å². The normalized spacial score (nSPS) is 19.9. The first-order chi connectivity index (χ1) is 10.7. The minimum atomic E-state index is -0.705. The van der Waals surface area contributed by atoms with Crippen LogP contribution in [0.5, 0.6) is 0 Å². The van der Waals surface area contributed by atoms with Crippen molar-refractivity contribution in [3.63, 3.8) is 0 Å². The molecule has 122 valence electrons. The van der Waals surface area contributed by atoms with Crippen molar-refractivity contribution in [2.75, 3.05) is 24.6 Å². The summed E-state index contributed by atoms with van der Waals surface area (Å²) in [5, 5.41) is 18.8. The second-order valence-corrected chi connectivity index (χ2v) is 6.29. The van der Waals surface area contributed by atoms with E-state index in [1.54, 1.807) is 0 Å². The van der Waals surface area contributed by atoms with Crippen LogP contribution in [-0.2, 0) is 11.2 Å². The van der Waals surface area contributed by atoms with Gasteiger partial charge in [-0.15, -0.1) is 0 Å². The summed E-state index contributed by atoms with van der Waals surface area (Å²) in [4.78, 5) is 13.7. The Kier molecular flexibility index (Phi) is 6.25. The summed E-state index contributed by atoms with van der Waals surface area (Å²) in [7, 11) is 0. The summed E-state index contributed by atoms with van der Waals surface area (Å²) in [5.41, 5.74) is 2.25. The number of carboxylic acids is 1. The molecule has 22 heavy (non-hydrogen) atoms. The number of aliphatic hydroxyl groups excluding tert-OH is 1. The third-order valence-electron chi connectivity index (χ3n) is 4.56. The van der Waals surface area contributed by atoms with Crippen LogP contribution in [0.3, 0.4) is 0 Å². The van der Waals surface area contributed by atoms with Crippen molar-refractivity contribution in [2.24, 2.45) is 11.8 Å². The fraction of sp³-hybridized carbons (Fsp3) is 0.611. The highest BCUT2D eigenvalue weighted by Gasteiger charge is 2.23. The number of piperidine rings is 1. The monoisotopic (exact) mass is 305 g/mol. The second kappa shape index (κ2) is 8.18. The summed E-state index contributed by atoms with van der Waals surface area (Å²) in [5.74, 6) is -0.694. The van der Waals surface area contributed by atoms with Gasteiger partial charge >= 0.3 is 5.97 Å². The van der Waals surface area contributed by atoms with Crippen LogP contribution >= 0.6 is 0 Å². The van der Waals surface area contributed by atoms with E-state index < -0.39 is 5.97 Å². The number of benzene rings is 1. The molecular weight excluding hydrogens is 278 g/mol. The van der Waals surface area contributed by atoms with Gasteiger partial charge in [-0.2, -0.15) is 0 Å². The third-order valence-corrected chi connectivity index (χ3v) is 4.56. The summed E-state index contributed by atoms with van der Waals surface area (Å²) < 4.78 is 0. The molecule has 2 N–H and O–H groups in total. The summed E-state index contributed by atoms with van der Waals surface area (Å²) in [6, 6.07) is 8.12. The van der Waals surface area contributed by atoms with E-state index in [0.717, 1.165) is 43.6 Å². The van der Waals surface area contributed by atoms with Crippen LogP contribution in [0.25, 0.3) is 0 Å². The van der Waals surface area contributed by atoms with E-state index in [-0.39, 0.29) is 12.5 Å². The Hall–Kier alpha value is -1.55. The Bertz CT molecular complexity index is 489. The van der Waals surface area contributed by atoms with Crippen LogP contribution in [0, 0.1) is 11.8 Å². The van der Waals surface area contributed by atoms with Crippen molar-refractivity contribution in [2.45, 2.75) is 39.0 Å². The zero-order valence-corrected chi connectivity index (χ0v) is 13.4. The van der Waals surface area contributed by atoms with Crippen molar-refractivity contribution < 1.29 is 15.0 Å². The molecule has 0 bridgehead atoms. The maximum atomic E-state index is 11.4. The number of hydrogen-bond donors (Lipinski definition) is 2. The fourth-order valence-electron chi connectivity index (χ4n) is 3.35. The summed E-state index contributed by atoms with van der Waals surface area (Å²) in [6.45, 7) is 4.10. The molecule has 0 radical (unpaired) electrons. The number of para-hydroxylation sites is 1. The Morgan fingerprint density at radius 2 is 2.18 bits per heavy atom. The fourth-order valence-corrected chi connectivity index (χ4v) is 3.35. The first kappa shape index (κ1) is 16.8. The van der Waals surface area contributed by atoms with Gasteiger partial charge in [-0.3, -0.25) is 4.79 Å². The van der Waals surface area contributed by atoms with Crippen LogP contribution < -0.4 is 4.90 Å². The van der Waals surface area contributed by atoms with Gasteiger partial charge in [-0.05, 0) is 43.2 Å². The molecule has 1 saturated heterocycles. The molecule has 1 aromatic rings. The lowest BCUT2D eigenvalue weighted by molar-refractivity contribution is -0.141. The van der Waals surface area contributed by atoms with E-state index in [4.69, 9.17) is 0 Å². The van der Waals surface area contributed by atoms with E-state index >= 15 is 0 Å².